The average Bonchev–Trinajstić information content (AvgIpc) is 3.03. The summed E-state index contributed by atoms with van der Waals surface area (Å²) in [7, 11) is 0. The average molecular weight is 330 g/mol. The van der Waals surface area contributed by atoms with Gasteiger partial charge in [-0.15, -0.1) is 0 Å². The van der Waals surface area contributed by atoms with Crippen LogP contribution in [0.1, 0.15) is 17.2 Å². The van der Waals surface area contributed by atoms with E-state index < -0.39 is 5.60 Å². The van der Waals surface area contributed by atoms with E-state index in [1.165, 1.54) is 18.5 Å². The van der Waals surface area contributed by atoms with Gasteiger partial charge in [0.15, 0.2) is 0 Å². The quantitative estimate of drug-likeness (QED) is 0.685. The van der Waals surface area contributed by atoms with Gasteiger partial charge in [0.05, 0.1) is 6.54 Å². The van der Waals surface area contributed by atoms with Crippen LogP contribution >= 0.6 is 11.6 Å². The van der Waals surface area contributed by atoms with Gasteiger partial charge in [0.1, 0.15) is 30.2 Å². The molecule has 23 heavy (non-hydrogen) atoms. The molecular weight excluding hydrogens is 317 g/mol. The van der Waals surface area contributed by atoms with Gasteiger partial charge in [0.2, 0.25) is 0 Å². The van der Waals surface area contributed by atoms with Gasteiger partial charge < -0.3 is 4.74 Å². The van der Waals surface area contributed by atoms with Crippen molar-refractivity contribution in [2.24, 2.45) is 0 Å². The van der Waals surface area contributed by atoms with Crippen LogP contribution in [0.25, 0.3) is 0 Å². The predicted octanol–water partition coefficient (Wildman–Crippen LogP) is 3.74. The Hall–Kier alpha value is -2.24. The second-order valence-corrected chi connectivity index (χ2v) is 5.98. The zero-order chi connectivity index (χ0) is 15.9. The first-order valence-electron chi connectivity index (χ1n) is 7.19. The largest absolute Gasteiger partial charge is 0.354 e. The third-order valence-electron chi connectivity index (χ3n) is 4.04. The number of nitrogens with zero attached hydrogens (tertiary/aromatic N) is 3. The van der Waals surface area contributed by atoms with E-state index in [0.29, 0.717) is 11.6 Å². The molecule has 1 aliphatic rings. The van der Waals surface area contributed by atoms with Crippen molar-refractivity contribution in [1.82, 2.24) is 14.8 Å². The summed E-state index contributed by atoms with van der Waals surface area (Å²) in [4.78, 5) is 3.97. The molecule has 0 aliphatic carbocycles. The van der Waals surface area contributed by atoms with E-state index in [4.69, 9.17) is 16.3 Å². The minimum absolute atomic E-state index is 0.157. The van der Waals surface area contributed by atoms with Crippen molar-refractivity contribution < 1.29 is 9.13 Å². The van der Waals surface area contributed by atoms with Crippen LogP contribution in [0.4, 0.5) is 4.39 Å². The molecule has 0 saturated carbocycles. The van der Waals surface area contributed by atoms with Gasteiger partial charge >= 0.3 is 0 Å². The van der Waals surface area contributed by atoms with Crippen LogP contribution in [0.3, 0.4) is 0 Å². The summed E-state index contributed by atoms with van der Waals surface area (Å²) in [5, 5.41) is 4.81. The van der Waals surface area contributed by atoms with Crippen LogP contribution in [0.2, 0.25) is 5.02 Å². The van der Waals surface area contributed by atoms with Crippen molar-refractivity contribution in [3.8, 4) is 0 Å². The second kappa shape index (κ2) is 5.44. The highest BCUT2D eigenvalue weighted by Gasteiger charge is 2.59. The summed E-state index contributed by atoms with van der Waals surface area (Å²) in [5.74, 6) is -0.274. The van der Waals surface area contributed by atoms with Gasteiger partial charge in [0, 0.05) is 5.02 Å². The molecule has 4 rings (SSSR count). The minimum Gasteiger partial charge on any atom is -0.354 e. The van der Waals surface area contributed by atoms with Gasteiger partial charge in [-0.05, 0) is 35.4 Å². The molecule has 1 saturated heterocycles. The number of epoxide rings is 1. The van der Waals surface area contributed by atoms with Crippen molar-refractivity contribution in [2.45, 2.75) is 18.2 Å². The number of ether oxygens (including phenoxy) is 1. The lowest BCUT2D eigenvalue weighted by atomic mass is 9.91. The number of hydrogen-bond acceptors (Lipinski definition) is 3. The normalized spacial score (nSPS) is 23.0. The van der Waals surface area contributed by atoms with Crippen molar-refractivity contribution in [2.75, 3.05) is 0 Å². The zero-order valence-corrected chi connectivity index (χ0v) is 12.8. The third-order valence-corrected chi connectivity index (χ3v) is 4.28. The molecule has 2 unspecified atom stereocenters. The first-order chi connectivity index (χ1) is 11.2. The fourth-order valence-corrected chi connectivity index (χ4v) is 3.10. The molecule has 1 aromatic heterocycles. The molecule has 4 nitrogen and oxygen atoms in total. The van der Waals surface area contributed by atoms with E-state index in [-0.39, 0.29) is 11.9 Å². The molecule has 0 amide bonds. The maximum Gasteiger partial charge on any atom is 0.144 e. The lowest BCUT2D eigenvalue weighted by Gasteiger charge is -2.14. The Morgan fingerprint density at radius 3 is 2.74 bits per heavy atom. The topological polar surface area (TPSA) is 43.2 Å². The highest BCUT2D eigenvalue weighted by Crippen LogP contribution is 2.58. The van der Waals surface area contributed by atoms with E-state index in [2.05, 4.69) is 10.1 Å². The number of aromatic nitrogens is 3. The smallest absolute Gasteiger partial charge is 0.144 e. The SMILES string of the molecule is Fc1ccc(C2(Cn3cncn3)OC2c2cccc(Cl)c2)cc1. The monoisotopic (exact) mass is 329 g/mol. The summed E-state index contributed by atoms with van der Waals surface area (Å²) < 4.78 is 21.1. The molecule has 1 aliphatic heterocycles. The van der Waals surface area contributed by atoms with Gasteiger partial charge in [-0.3, -0.25) is 0 Å². The molecule has 2 atom stereocenters. The van der Waals surface area contributed by atoms with Crippen molar-refractivity contribution in [1.29, 1.82) is 0 Å². The van der Waals surface area contributed by atoms with Gasteiger partial charge in [-0.25, -0.2) is 14.1 Å². The molecule has 116 valence electrons. The maximum atomic E-state index is 13.3. The Balaban J connectivity index is 1.72. The summed E-state index contributed by atoms with van der Waals surface area (Å²) in [6.07, 6.45) is 2.97. The molecule has 3 aromatic rings. The summed E-state index contributed by atoms with van der Waals surface area (Å²) in [6, 6.07) is 14.0. The second-order valence-electron chi connectivity index (χ2n) is 5.54. The van der Waals surface area contributed by atoms with E-state index in [0.717, 1.165) is 11.1 Å². The molecule has 6 heteroatoms. The van der Waals surface area contributed by atoms with E-state index in [9.17, 15) is 4.39 Å². The summed E-state index contributed by atoms with van der Waals surface area (Å²) in [5.41, 5.74) is 1.30. The van der Waals surface area contributed by atoms with Crippen LogP contribution in [-0.2, 0) is 16.9 Å². The molecule has 1 fully saturated rings. The Bertz CT molecular complexity index is 822. The van der Waals surface area contributed by atoms with Crippen LogP contribution in [-0.4, -0.2) is 14.8 Å². The van der Waals surface area contributed by atoms with Crippen LogP contribution in [0.15, 0.2) is 61.2 Å². The van der Waals surface area contributed by atoms with E-state index >= 15 is 0 Å². The number of rotatable bonds is 4. The number of halogens is 2. The lowest BCUT2D eigenvalue weighted by molar-refractivity contribution is 0.262. The van der Waals surface area contributed by atoms with Gasteiger partial charge in [0.25, 0.3) is 0 Å². The summed E-state index contributed by atoms with van der Waals surface area (Å²) >= 11 is 6.09. The van der Waals surface area contributed by atoms with Crippen molar-refractivity contribution in [3.05, 3.63) is 83.2 Å². The summed E-state index contributed by atoms with van der Waals surface area (Å²) in [6.45, 7) is 0.496. The molecule has 0 bridgehead atoms. The Kier molecular flexibility index (Phi) is 3.39. The first kappa shape index (κ1) is 14.4. The fourth-order valence-electron chi connectivity index (χ4n) is 2.90. The molecule has 2 aromatic carbocycles. The number of hydrogen-bond donors (Lipinski definition) is 0. The van der Waals surface area contributed by atoms with Gasteiger partial charge in [-0.2, -0.15) is 5.10 Å². The van der Waals surface area contributed by atoms with Crippen LogP contribution < -0.4 is 0 Å². The van der Waals surface area contributed by atoms with Crippen LogP contribution in [0, 0.1) is 5.82 Å². The molecule has 2 heterocycles. The molecule has 0 radical (unpaired) electrons. The zero-order valence-electron chi connectivity index (χ0n) is 12.1. The Labute approximate surface area is 137 Å². The highest BCUT2D eigenvalue weighted by atomic mass is 35.5. The lowest BCUT2D eigenvalue weighted by Crippen LogP contribution is -2.19. The van der Waals surface area contributed by atoms with E-state index in [1.807, 2.05) is 24.3 Å². The third kappa shape index (κ3) is 2.62. The van der Waals surface area contributed by atoms with Crippen molar-refractivity contribution >= 4 is 11.6 Å². The molecule has 0 spiro atoms. The first-order valence-corrected chi connectivity index (χ1v) is 7.57. The molecule has 0 N–H and O–H groups in total. The maximum absolute atomic E-state index is 13.3. The van der Waals surface area contributed by atoms with E-state index in [1.54, 1.807) is 23.1 Å². The highest BCUT2D eigenvalue weighted by molar-refractivity contribution is 6.30. The standard InChI is InChI=1S/C17H13ClFN3O/c18-14-3-1-2-12(8-14)16-17(23-16,9-22-11-20-10-21-22)13-4-6-15(19)7-5-13/h1-8,10-11,16H,9H2. The van der Waals surface area contributed by atoms with Crippen LogP contribution in [0.5, 0.6) is 0 Å². The Morgan fingerprint density at radius 1 is 1.22 bits per heavy atom. The molecular formula is C17H13ClFN3O. The Morgan fingerprint density at radius 2 is 2.04 bits per heavy atom. The van der Waals surface area contributed by atoms with Gasteiger partial charge in [-0.1, -0.05) is 35.9 Å². The number of benzene rings is 2. The fraction of sp³-hybridized carbons (Fsp3) is 0.176. The van der Waals surface area contributed by atoms with Crippen molar-refractivity contribution in [3.63, 3.8) is 0 Å². The minimum atomic E-state index is -0.591. The predicted molar refractivity (Wildman–Crippen MR) is 83.4 cm³/mol.